The lowest BCUT2D eigenvalue weighted by Crippen LogP contribution is -2.36. The number of nitrogens with zero attached hydrogens (tertiary/aromatic N) is 2. The number of likely N-dealkylation sites (N-methyl/N-ethyl adjacent to an activating group) is 2. The highest BCUT2D eigenvalue weighted by molar-refractivity contribution is 5.77. The van der Waals surface area contributed by atoms with Crippen LogP contribution in [0.2, 0.25) is 0 Å². The molecule has 0 saturated carbocycles. The average molecular weight is 274 g/mol. The number of benzene rings is 1. The Kier molecular flexibility index (Phi) is 6.78. The van der Waals surface area contributed by atoms with Crippen LogP contribution < -0.4 is 0 Å². The summed E-state index contributed by atoms with van der Waals surface area (Å²) < 4.78 is 0. The van der Waals surface area contributed by atoms with E-state index in [9.17, 15) is 4.79 Å². The SMILES string of the molecule is CCN(CC(=O)N(C)C)Cc1ccccc1C#CCO. The lowest BCUT2D eigenvalue weighted by Gasteiger charge is -2.22. The molecule has 20 heavy (non-hydrogen) atoms. The summed E-state index contributed by atoms with van der Waals surface area (Å²) in [5.74, 6) is 5.70. The molecule has 108 valence electrons. The number of rotatable bonds is 5. The van der Waals surface area contributed by atoms with Gasteiger partial charge in [0.2, 0.25) is 5.91 Å². The van der Waals surface area contributed by atoms with Crippen molar-refractivity contribution in [3.05, 3.63) is 35.4 Å². The third-order valence-corrected chi connectivity index (χ3v) is 3.02. The maximum absolute atomic E-state index is 11.8. The molecule has 0 heterocycles. The van der Waals surface area contributed by atoms with Crippen molar-refractivity contribution < 1.29 is 9.90 Å². The molecule has 0 radical (unpaired) electrons. The van der Waals surface area contributed by atoms with Crippen LogP contribution in [0.25, 0.3) is 0 Å². The molecule has 1 N–H and O–H groups in total. The second-order valence-electron chi connectivity index (χ2n) is 4.71. The molecule has 0 aliphatic heterocycles. The zero-order chi connectivity index (χ0) is 15.0. The second-order valence-corrected chi connectivity index (χ2v) is 4.71. The van der Waals surface area contributed by atoms with Crippen molar-refractivity contribution in [2.24, 2.45) is 0 Å². The molecule has 1 aromatic rings. The van der Waals surface area contributed by atoms with Gasteiger partial charge in [0.1, 0.15) is 6.61 Å². The predicted molar refractivity (Wildman–Crippen MR) is 80.1 cm³/mol. The van der Waals surface area contributed by atoms with Gasteiger partial charge in [0, 0.05) is 26.2 Å². The molecule has 0 spiro atoms. The summed E-state index contributed by atoms with van der Waals surface area (Å²) in [7, 11) is 3.52. The molecule has 1 rings (SSSR count). The van der Waals surface area contributed by atoms with E-state index < -0.39 is 0 Å². The summed E-state index contributed by atoms with van der Waals surface area (Å²) >= 11 is 0. The fraction of sp³-hybridized carbons (Fsp3) is 0.438. The van der Waals surface area contributed by atoms with Gasteiger partial charge in [0.25, 0.3) is 0 Å². The standard InChI is InChI=1S/C16H22N2O2/c1-4-18(13-16(20)17(2)3)12-15-9-6-5-8-14(15)10-7-11-19/h5-6,8-9,19H,4,11-13H2,1-3H3. The first-order valence-corrected chi connectivity index (χ1v) is 6.68. The molecule has 0 aliphatic rings. The van der Waals surface area contributed by atoms with Gasteiger partial charge in [-0.3, -0.25) is 9.69 Å². The first kappa shape index (κ1) is 16.2. The monoisotopic (exact) mass is 274 g/mol. The molecule has 1 aromatic carbocycles. The van der Waals surface area contributed by atoms with E-state index in [2.05, 4.69) is 16.7 Å². The summed E-state index contributed by atoms with van der Waals surface area (Å²) in [6.07, 6.45) is 0. The Morgan fingerprint density at radius 3 is 2.60 bits per heavy atom. The zero-order valence-electron chi connectivity index (χ0n) is 12.4. The van der Waals surface area contributed by atoms with Crippen molar-refractivity contribution in [1.29, 1.82) is 0 Å². The van der Waals surface area contributed by atoms with Crippen LogP contribution in [-0.2, 0) is 11.3 Å². The van der Waals surface area contributed by atoms with E-state index in [0.717, 1.165) is 17.7 Å². The first-order chi connectivity index (χ1) is 9.58. The Balaban J connectivity index is 2.82. The molecule has 0 saturated heterocycles. The number of carbonyl (C=O) groups is 1. The number of aliphatic hydroxyl groups is 1. The second kappa shape index (κ2) is 8.36. The minimum Gasteiger partial charge on any atom is -0.384 e. The average Bonchev–Trinajstić information content (AvgIpc) is 2.45. The van der Waals surface area contributed by atoms with Crippen LogP contribution in [0.4, 0.5) is 0 Å². The Bertz CT molecular complexity index is 501. The largest absolute Gasteiger partial charge is 0.384 e. The molecule has 0 aromatic heterocycles. The lowest BCUT2D eigenvalue weighted by atomic mass is 10.1. The molecule has 4 heteroatoms. The first-order valence-electron chi connectivity index (χ1n) is 6.68. The summed E-state index contributed by atoms with van der Waals surface area (Å²) in [5, 5.41) is 8.79. The third kappa shape index (κ3) is 5.04. The number of hydrogen-bond acceptors (Lipinski definition) is 3. The topological polar surface area (TPSA) is 43.8 Å². The maximum Gasteiger partial charge on any atom is 0.236 e. The number of aliphatic hydroxyl groups excluding tert-OH is 1. The van der Waals surface area contributed by atoms with Gasteiger partial charge in [-0.1, -0.05) is 37.0 Å². The van der Waals surface area contributed by atoms with Gasteiger partial charge in [-0.2, -0.15) is 0 Å². The van der Waals surface area contributed by atoms with E-state index in [4.69, 9.17) is 5.11 Å². The summed E-state index contributed by atoms with van der Waals surface area (Å²) in [6.45, 7) is 3.74. The molecule has 0 aliphatic carbocycles. The van der Waals surface area contributed by atoms with Crippen molar-refractivity contribution in [2.75, 3.05) is 33.8 Å². The van der Waals surface area contributed by atoms with Crippen LogP contribution in [0.5, 0.6) is 0 Å². The van der Waals surface area contributed by atoms with Crippen LogP contribution >= 0.6 is 0 Å². The van der Waals surface area contributed by atoms with Crippen molar-refractivity contribution in [3.8, 4) is 11.8 Å². The Morgan fingerprint density at radius 1 is 1.30 bits per heavy atom. The number of carbonyl (C=O) groups excluding carboxylic acids is 1. The fourth-order valence-corrected chi connectivity index (χ4v) is 1.77. The molecule has 0 bridgehead atoms. The normalized spacial score (nSPS) is 10.1. The summed E-state index contributed by atoms with van der Waals surface area (Å²) in [6, 6.07) is 7.82. The Hall–Kier alpha value is -1.83. The summed E-state index contributed by atoms with van der Waals surface area (Å²) in [5.41, 5.74) is 1.97. The summed E-state index contributed by atoms with van der Waals surface area (Å²) in [4.78, 5) is 15.5. The van der Waals surface area contributed by atoms with E-state index in [1.807, 2.05) is 31.2 Å². The quantitative estimate of drug-likeness (QED) is 0.813. The highest BCUT2D eigenvalue weighted by Gasteiger charge is 2.12. The van der Waals surface area contributed by atoms with Gasteiger partial charge >= 0.3 is 0 Å². The van der Waals surface area contributed by atoms with Crippen LogP contribution in [-0.4, -0.2) is 54.6 Å². The smallest absolute Gasteiger partial charge is 0.236 e. The van der Waals surface area contributed by atoms with Gasteiger partial charge in [-0.25, -0.2) is 0 Å². The molecule has 0 unspecified atom stereocenters. The van der Waals surface area contributed by atoms with Gasteiger partial charge in [0.15, 0.2) is 0 Å². The van der Waals surface area contributed by atoms with Crippen LogP contribution in [0.15, 0.2) is 24.3 Å². The molecular formula is C16H22N2O2. The highest BCUT2D eigenvalue weighted by Crippen LogP contribution is 2.10. The van der Waals surface area contributed by atoms with Gasteiger partial charge in [0.05, 0.1) is 6.54 Å². The number of hydrogen-bond donors (Lipinski definition) is 1. The minimum absolute atomic E-state index is 0.0887. The molecule has 4 nitrogen and oxygen atoms in total. The van der Waals surface area contributed by atoms with Crippen LogP contribution in [0.1, 0.15) is 18.1 Å². The van der Waals surface area contributed by atoms with E-state index in [-0.39, 0.29) is 12.5 Å². The highest BCUT2D eigenvalue weighted by atomic mass is 16.2. The maximum atomic E-state index is 11.8. The van der Waals surface area contributed by atoms with Crippen molar-refractivity contribution in [1.82, 2.24) is 9.80 Å². The van der Waals surface area contributed by atoms with Gasteiger partial charge in [-0.15, -0.1) is 0 Å². The Labute approximate surface area is 121 Å². The van der Waals surface area contributed by atoms with E-state index >= 15 is 0 Å². The van der Waals surface area contributed by atoms with E-state index in [0.29, 0.717) is 13.1 Å². The minimum atomic E-state index is -0.148. The molecule has 0 atom stereocenters. The van der Waals surface area contributed by atoms with Crippen molar-refractivity contribution in [3.63, 3.8) is 0 Å². The molecular weight excluding hydrogens is 252 g/mol. The van der Waals surface area contributed by atoms with Crippen LogP contribution in [0.3, 0.4) is 0 Å². The number of amides is 1. The fourth-order valence-electron chi connectivity index (χ4n) is 1.77. The Morgan fingerprint density at radius 2 is 2.00 bits per heavy atom. The van der Waals surface area contributed by atoms with E-state index in [1.165, 1.54) is 0 Å². The van der Waals surface area contributed by atoms with Crippen LogP contribution in [0, 0.1) is 11.8 Å². The lowest BCUT2D eigenvalue weighted by molar-refractivity contribution is -0.130. The zero-order valence-corrected chi connectivity index (χ0v) is 12.4. The van der Waals surface area contributed by atoms with Gasteiger partial charge < -0.3 is 10.0 Å². The van der Waals surface area contributed by atoms with E-state index in [1.54, 1.807) is 19.0 Å². The van der Waals surface area contributed by atoms with Crippen molar-refractivity contribution >= 4 is 5.91 Å². The third-order valence-electron chi connectivity index (χ3n) is 3.02. The predicted octanol–water partition coefficient (Wildman–Crippen LogP) is 0.940. The van der Waals surface area contributed by atoms with Crippen molar-refractivity contribution in [2.45, 2.75) is 13.5 Å². The molecule has 1 amide bonds. The van der Waals surface area contributed by atoms with Gasteiger partial charge in [-0.05, 0) is 18.2 Å². The molecule has 0 fully saturated rings.